The van der Waals surface area contributed by atoms with Crippen molar-refractivity contribution in [3.05, 3.63) is 59.7 Å². The van der Waals surface area contributed by atoms with Crippen molar-refractivity contribution in [1.82, 2.24) is 4.90 Å². The number of anilines is 2. The summed E-state index contributed by atoms with van der Waals surface area (Å²) in [6.07, 6.45) is 10.7. The van der Waals surface area contributed by atoms with Gasteiger partial charge in [0.05, 0.1) is 12.3 Å². The second-order valence-corrected chi connectivity index (χ2v) is 9.18. The van der Waals surface area contributed by atoms with Crippen LogP contribution in [0.5, 0.6) is 0 Å². The summed E-state index contributed by atoms with van der Waals surface area (Å²) in [6.45, 7) is 8.58. The predicted octanol–water partition coefficient (Wildman–Crippen LogP) is 7.38. The van der Waals surface area contributed by atoms with Crippen molar-refractivity contribution >= 4 is 11.4 Å². The number of hydrogen-bond donors (Lipinski definition) is 2. The molecule has 0 aliphatic heterocycles. The highest BCUT2D eigenvalue weighted by Gasteiger charge is 2.15. The van der Waals surface area contributed by atoms with Crippen molar-refractivity contribution in [3.63, 3.8) is 0 Å². The Kier molecular flexibility index (Phi) is 12.2. The zero-order valence-electron chi connectivity index (χ0n) is 20.8. The van der Waals surface area contributed by atoms with Crippen LogP contribution < -0.4 is 11.2 Å². The second kappa shape index (κ2) is 14.9. The second-order valence-electron chi connectivity index (χ2n) is 9.18. The molecule has 3 rings (SSSR count). The Bertz CT molecular complexity index is 723. The minimum absolute atomic E-state index is 0.551. The Morgan fingerprint density at radius 1 is 1.00 bits per heavy atom. The Morgan fingerprint density at radius 2 is 1.66 bits per heavy atom. The van der Waals surface area contributed by atoms with Gasteiger partial charge in [-0.3, -0.25) is 10.3 Å². The molecule has 0 aromatic heterocycles. The fourth-order valence-electron chi connectivity index (χ4n) is 4.02. The quantitative estimate of drug-likeness (QED) is 0.299. The minimum Gasteiger partial charge on any atom is -0.399 e. The molecule has 0 heterocycles. The number of rotatable bonds is 10. The van der Waals surface area contributed by atoms with Crippen molar-refractivity contribution in [3.8, 4) is 0 Å². The minimum atomic E-state index is 0.551. The van der Waals surface area contributed by atoms with E-state index in [1.54, 1.807) is 0 Å². The molecule has 0 radical (unpaired) electrons. The number of nitrogens with one attached hydrogen (secondary N) is 1. The SMILES string of the molecule is CCCCN(C)C(C)CC.Nc1ccc(NOCc2ccc(C3CCCCC3)cc2)cc1. The first-order chi connectivity index (χ1) is 15.5. The number of benzene rings is 2. The van der Waals surface area contributed by atoms with Gasteiger partial charge in [0.25, 0.3) is 0 Å². The number of nitrogens with zero attached hydrogens (tertiary/aromatic N) is 1. The lowest BCUT2D eigenvalue weighted by Crippen LogP contribution is -2.29. The lowest BCUT2D eigenvalue weighted by molar-refractivity contribution is 0.180. The van der Waals surface area contributed by atoms with Crippen LogP contribution >= 0.6 is 0 Å². The first-order valence-corrected chi connectivity index (χ1v) is 12.6. The van der Waals surface area contributed by atoms with Gasteiger partial charge < -0.3 is 10.6 Å². The molecule has 0 bridgehead atoms. The summed E-state index contributed by atoms with van der Waals surface area (Å²) in [4.78, 5) is 7.97. The van der Waals surface area contributed by atoms with Crippen molar-refractivity contribution in [2.75, 3.05) is 24.8 Å². The van der Waals surface area contributed by atoms with Crippen LogP contribution in [0.1, 0.15) is 89.2 Å². The Balaban J connectivity index is 0.000000309. The highest BCUT2D eigenvalue weighted by Crippen LogP contribution is 2.32. The van der Waals surface area contributed by atoms with Crippen molar-refractivity contribution in [2.45, 2.75) is 90.7 Å². The van der Waals surface area contributed by atoms with E-state index in [2.05, 4.69) is 62.5 Å². The molecule has 178 valence electrons. The lowest BCUT2D eigenvalue weighted by atomic mass is 9.84. The van der Waals surface area contributed by atoms with Crippen LogP contribution in [0.2, 0.25) is 0 Å². The molecule has 32 heavy (non-hydrogen) atoms. The molecular weight excluding hydrogens is 394 g/mol. The zero-order valence-corrected chi connectivity index (χ0v) is 20.8. The molecule has 0 spiro atoms. The lowest BCUT2D eigenvalue weighted by Gasteiger charge is -2.22. The van der Waals surface area contributed by atoms with Crippen LogP contribution in [0.15, 0.2) is 48.5 Å². The van der Waals surface area contributed by atoms with Crippen LogP contribution in [0.25, 0.3) is 0 Å². The van der Waals surface area contributed by atoms with E-state index in [-0.39, 0.29) is 0 Å². The van der Waals surface area contributed by atoms with Gasteiger partial charge in [0.15, 0.2) is 0 Å². The maximum Gasteiger partial charge on any atom is 0.0996 e. The first-order valence-electron chi connectivity index (χ1n) is 12.6. The average molecular weight is 440 g/mol. The first kappa shape index (κ1) is 26.2. The Morgan fingerprint density at radius 3 is 2.25 bits per heavy atom. The average Bonchev–Trinajstić information content (AvgIpc) is 2.84. The van der Waals surface area contributed by atoms with Gasteiger partial charge in [0.2, 0.25) is 0 Å². The van der Waals surface area contributed by atoms with Crippen molar-refractivity contribution < 1.29 is 4.84 Å². The third-order valence-electron chi connectivity index (χ3n) is 6.60. The maximum atomic E-state index is 5.65. The number of nitrogens with two attached hydrogens (primary N) is 1. The summed E-state index contributed by atoms with van der Waals surface area (Å²) in [6, 6.07) is 17.1. The molecule has 1 aliphatic carbocycles. The van der Waals surface area contributed by atoms with Gasteiger partial charge in [0, 0.05) is 11.7 Å². The van der Waals surface area contributed by atoms with Crippen LogP contribution in [0.3, 0.4) is 0 Å². The van der Waals surface area contributed by atoms with E-state index in [0.29, 0.717) is 6.61 Å². The highest BCUT2D eigenvalue weighted by atomic mass is 16.6. The molecule has 1 unspecified atom stereocenters. The summed E-state index contributed by atoms with van der Waals surface area (Å²) >= 11 is 0. The molecule has 1 fully saturated rings. The summed E-state index contributed by atoms with van der Waals surface area (Å²) in [5.74, 6) is 0.761. The van der Waals surface area contributed by atoms with E-state index in [0.717, 1.165) is 23.3 Å². The summed E-state index contributed by atoms with van der Waals surface area (Å²) in [5.41, 5.74) is 12.9. The standard InChI is InChI=1S/C19H24N2O.C9H21N/c20-18-10-12-19(13-11-18)21-22-14-15-6-8-17(9-7-15)16-4-2-1-3-5-16;1-5-7-8-10(4)9(3)6-2/h6-13,16,21H,1-5,14,20H2;9H,5-8H2,1-4H3. The molecular formula is C28H45N3O. The van der Waals surface area contributed by atoms with E-state index in [1.807, 2.05) is 24.3 Å². The van der Waals surface area contributed by atoms with E-state index in [1.165, 1.54) is 69.0 Å². The monoisotopic (exact) mass is 439 g/mol. The van der Waals surface area contributed by atoms with Gasteiger partial charge in [-0.15, -0.1) is 0 Å². The van der Waals surface area contributed by atoms with Crippen LogP contribution in [0.4, 0.5) is 11.4 Å². The molecule has 1 saturated carbocycles. The molecule has 1 aliphatic rings. The molecule has 4 nitrogen and oxygen atoms in total. The maximum absolute atomic E-state index is 5.65. The van der Waals surface area contributed by atoms with Gasteiger partial charge in [0.1, 0.15) is 0 Å². The summed E-state index contributed by atoms with van der Waals surface area (Å²) < 4.78 is 0. The normalized spacial score (nSPS) is 15.2. The van der Waals surface area contributed by atoms with Gasteiger partial charge in [-0.05, 0) is 87.5 Å². The van der Waals surface area contributed by atoms with E-state index < -0.39 is 0 Å². The van der Waals surface area contributed by atoms with Crippen LogP contribution in [-0.2, 0) is 11.4 Å². The summed E-state index contributed by atoms with van der Waals surface area (Å²) in [5, 5.41) is 0. The number of unbranched alkanes of at least 4 members (excludes halogenated alkanes) is 1. The molecule has 1 atom stereocenters. The van der Waals surface area contributed by atoms with Gasteiger partial charge in [-0.25, -0.2) is 0 Å². The molecule has 3 N–H and O–H groups in total. The summed E-state index contributed by atoms with van der Waals surface area (Å²) in [7, 11) is 2.21. The van der Waals surface area contributed by atoms with Gasteiger partial charge in [-0.1, -0.05) is 63.8 Å². The Hall–Kier alpha value is -2.04. The third kappa shape index (κ3) is 9.62. The molecule has 2 aromatic carbocycles. The molecule has 2 aromatic rings. The smallest absolute Gasteiger partial charge is 0.0996 e. The van der Waals surface area contributed by atoms with Crippen molar-refractivity contribution in [2.24, 2.45) is 0 Å². The number of hydrogen-bond acceptors (Lipinski definition) is 4. The highest BCUT2D eigenvalue weighted by molar-refractivity contribution is 5.49. The van der Waals surface area contributed by atoms with Crippen LogP contribution in [0, 0.1) is 0 Å². The van der Waals surface area contributed by atoms with E-state index >= 15 is 0 Å². The van der Waals surface area contributed by atoms with Crippen LogP contribution in [-0.4, -0.2) is 24.5 Å². The topological polar surface area (TPSA) is 50.5 Å². The fourth-order valence-corrected chi connectivity index (χ4v) is 4.02. The van der Waals surface area contributed by atoms with E-state index in [9.17, 15) is 0 Å². The Labute approximate surface area is 196 Å². The van der Waals surface area contributed by atoms with Gasteiger partial charge in [-0.2, -0.15) is 0 Å². The predicted molar refractivity (Wildman–Crippen MR) is 139 cm³/mol. The molecule has 0 saturated heterocycles. The van der Waals surface area contributed by atoms with Gasteiger partial charge >= 0.3 is 0 Å². The zero-order chi connectivity index (χ0) is 23.2. The third-order valence-corrected chi connectivity index (χ3v) is 6.60. The molecule has 0 amide bonds. The van der Waals surface area contributed by atoms with E-state index in [4.69, 9.17) is 10.6 Å². The number of nitrogen functional groups attached to an aromatic ring is 1. The van der Waals surface area contributed by atoms with Crippen molar-refractivity contribution in [1.29, 1.82) is 0 Å². The fraction of sp³-hybridized carbons (Fsp3) is 0.571. The largest absolute Gasteiger partial charge is 0.399 e. The molecule has 4 heteroatoms.